The molecule has 1 atom stereocenters. The van der Waals surface area contributed by atoms with Crippen LogP contribution < -0.4 is 16.4 Å². The van der Waals surface area contributed by atoms with Crippen molar-refractivity contribution in [2.24, 2.45) is 0 Å². The lowest BCUT2D eigenvalue weighted by Gasteiger charge is -2.11. The van der Waals surface area contributed by atoms with Crippen molar-refractivity contribution in [2.45, 2.75) is 43.9 Å². The Kier molecular flexibility index (Phi) is 6.85. The van der Waals surface area contributed by atoms with Crippen LogP contribution in [0.3, 0.4) is 0 Å². The van der Waals surface area contributed by atoms with Gasteiger partial charge in [0.05, 0.1) is 11.0 Å². The van der Waals surface area contributed by atoms with Gasteiger partial charge in [-0.2, -0.15) is 0 Å². The first-order valence-corrected chi connectivity index (χ1v) is 11.3. The van der Waals surface area contributed by atoms with E-state index >= 15 is 0 Å². The third kappa shape index (κ3) is 4.94. The molecule has 1 aromatic heterocycles. The van der Waals surface area contributed by atoms with E-state index in [2.05, 4.69) is 10.3 Å². The highest BCUT2D eigenvalue weighted by Crippen LogP contribution is 2.39. The van der Waals surface area contributed by atoms with Crippen LogP contribution in [0.4, 0.5) is 0 Å². The van der Waals surface area contributed by atoms with Gasteiger partial charge in [-0.3, -0.25) is 14.4 Å². The summed E-state index contributed by atoms with van der Waals surface area (Å²) in [5, 5.41) is 3.60. The van der Waals surface area contributed by atoms with E-state index in [0.29, 0.717) is 24.0 Å². The van der Waals surface area contributed by atoms with Gasteiger partial charge in [0.25, 0.3) is 0 Å². The fourth-order valence-corrected chi connectivity index (χ4v) is 6.09. The van der Waals surface area contributed by atoms with Crippen LogP contribution in [0.15, 0.2) is 33.9 Å². The molecule has 1 unspecified atom stereocenters. The molecule has 0 spiro atoms. The van der Waals surface area contributed by atoms with E-state index in [4.69, 9.17) is 0 Å². The largest absolute Gasteiger partial charge is 0.354 e. The Morgan fingerprint density at radius 3 is 2.92 bits per heavy atom. The van der Waals surface area contributed by atoms with Gasteiger partial charge in [-0.15, -0.1) is 0 Å². The van der Waals surface area contributed by atoms with Gasteiger partial charge in [0.15, 0.2) is 0 Å². The maximum Gasteiger partial charge on any atom is 0.316 e. The van der Waals surface area contributed by atoms with E-state index in [1.807, 2.05) is 27.7 Å². The quantitative estimate of drug-likeness (QED) is 0.409. The van der Waals surface area contributed by atoms with Crippen LogP contribution in [0.25, 0.3) is 11.0 Å². The second-order valence-electron chi connectivity index (χ2n) is 6.35. The summed E-state index contributed by atoms with van der Waals surface area (Å²) >= 11 is 0. The number of carbonyl (C=O) groups excluding carboxylic acids is 1. The lowest BCUT2D eigenvalue weighted by molar-refractivity contribution is -0.121. The Balaban J connectivity index is 1.46. The maximum absolute atomic E-state index is 12.1. The SMILES string of the molecule is O=C(CCCCC1CCSS1)NCCn1c(=O)c(=O)[nH]c2ccccc21. The van der Waals surface area contributed by atoms with Crippen molar-refractivity contribution in [2.75, 3.05) is 12.3 Å². The summed E-state index contributed by atoms with van der Waals surface area (Å²) in [5.74, 6) is 1.24. The molecule has 0 bridgehead atoms. The van der Waals surface area contributed by atoms with Crippen molar-refractivity contribution in [3.05, 3.63) is 45.0 Å². The molecule has 1 aliphatic rings. The number of carbonyl (C=O) groups is 1. The van der Waals surface area contributed by atoms with Gasteiger partial charge in [-0.25, -0.2) is 0 Å². The van der Waals surface area contributed by atoms with Gasteiger partial charge >= 0.3 is 11.1 Å². The fraction of sp³-hybridized carbons (Fsp3) is 0.500. The van der Waals surface area contributed by atoms with Crippen LogP contribution in [-0.4, -0.2) is 33.0 Å². The molecule has 1 aromatic carbocycles. The first-order chi connectivity index (χ1) is 12.6. The number of amides is 1. The van der Waals surface area contributed by atoms with Gasteiger partial charge in [-0.05, 0) is 31.4 Å². The van der Waals surface area contributed by atoms with Crippen LogP contribution in [0.5, 0.6) is 0 Å². The predicted molar refractivity (Wildman–Crippen MR) is 109 cm³/mol. The summed E-state index contributed by atoms with van der Waals surface area (Å²) in [6.07, 6.45) is 4.93. The number of hydrogen-bond acceptors (Lipinski definition) is 5. The molecule has 2 aromatic rings. The highest BCUT2D eigenvalue weighted by molar-refractivity contribution is 8.77. The topological polar surface area (TPSA) is 84.0 Å². The summed E-state index contributed by atoms with van der Waals surface area (Å²) in [4.78, 5) is 38.4. The molecule has 3 rings (SSSR count). The summed E-state index contributed by atoms with van der Waals surface area (Å²) in [6.45, 7) is 0.617. The van der Waals surface area contributed by atoms with Crippen LogP contribution in [0.1, 0.15) is 32.1 Å². The second-order valence-corrected chi connectivity index (χ2v) is 9.14. The minimum absolute atomic E-state index is 0.000597. The van der Waals surface area contributed by atoms with Crippen LogP contribution in [0, 0.1) is 0 Å². The van der Waals surface area contributed by atoms with Gasteiger partial charge in [-0.1, -0.05) is 40.1 Å². The normalized spacial score (nSPS) is 16.8. The van der Waals surface area contributed by atoms with E-state index in [1.165, 1.54) is 23.2 Å². The highest BCUT2D eigenvalue weighted by atomic mass is 33.1. The number of fused-ring (bicyclic) bond motifs is 1. The summed E-state index contributed by atoms with van der Waals surface area (Å²) in [6, 6.07) is 7.16. The number of para-hydroxylation sites is 2. The third-order valence-electron chi connectivity index (χ3n) is 4.45. The van der Waals surface area contributed by atoms with E-state index in [0.717, 1.165) is 18.1 Å². The molecule has 26 heavy (non-hydrogen) atoms. The van der Waals surface area contributed by atoms with Crippen molar-refractivity contribution in [1.82, 2.24) is 14.9 Å². The molecule has 1 fully saturated rings. The first-order valence-electron chi connectivity index (χ1n) is 8.92. The van der Waals surface area contributed by atoms with Gasteiger partial charge < -0.3 is 14.9 Å². The molecular weight excluding hydrogens is 370 g/mol. The first kappa shape index (κ1) is 19.1. The molecule has 1 saturated heterocycles. The van der Waals surface area contributed by atoms with E-state index < -0.39 is 11.1 Å². The fourth-order valence-electron chi connectivity index (χ4n) is 3.06. The number of aromatic amines is 1. The molecule has 1 aliphatic heterocycles. The van der Waals surface area contributed by atoms with Crippen molar-refractivity contribution < 1.29 is 4.79 Å². The number of rotatable bonds is 8. The Morgan fingerprint density at radius 1 is 1.27 bits per heavy atom. The van der Waals surface area contributed by atoms with E-state index in [-0.39, 0.29) is 12.5 Å². The average Bonchev–Trinajstić information content (AvgIpc) is 3.15. The number of H-pyrrole nitrogens is 1. The zero-order valence-corrected chi connectivity index (χ0v) is 16.2. The molecule has 0 saturated carbocycles. The zero-order valence-electron chi connectivity index (χ0n) is 14.5. The number of aromatic nitrogens is 2. The number of benzene rings is 1. The molecule has 0 aliphatic carbocycles. The minimum atomic E-state index is -0.641. The van der Waals surface area contributed by atoms with Gasteiger partial charge in [0.2, 0.25) is 5.91 Å². The van der Waals surface area contributed by atoms with Crippen LogP contribution in [-0.2, 0) is 11.3 Å². The molecule has 1 amide bonds. The lowest BCUT2D eigenvalue weighted by atomic mass is 10.1. The smallest absolute Gasteiger partial charge is 0.316 e. The molecule has 6 nitrogen and oxygen atoms in total. The number of hydrogen-bond donors (Lipinski definition) is 2. The predicted octanol–water partition coefficient (Wildman–Crippen LogP) is 2.52. The second kappa shape index (κ2) is 9.32. The minimum Gasteiger partial charge on any atom is -0.354 e. The summed E-state index contributed by atoms with van der Waals surface area (Å²) in [7, 11) is 3.92. The zero-order chi connectivity index (χ0) is 18.4. The van der Waals surface area contributed by atoms with Gasteiger partial charge in [0.1, 0.15) is 0 Å². The monoisotopic (exact) mass is 393 g/mol. The van der Waals surface area contributed by atoms with Crippen molar-refractivity contribution in [3.63, 3.8) is 0 Å². The Hall–Kier alpha value is -1.67. The Bertz CT molecular complexity index is 872. The van der Waals surface area contributed by atoms with E-state index in [1.54, 1.807) is 18.2 Å². The van der Waals surface area contributed by atoms with Crippen molar-refractivity contribution in [1.29, 1.82) is 0 Å². The van der Waals surface area contributed by atoms with Crippen molar-refractivity contribution in [3.8, 4) is 0 Å². The Morgan fingerprint density at radius 2 is 2.12 bits per heavy atom. The molecular formula is C18H23N3O3S2. The number of nitrogens with one attached hydrogen (secondary N) is 2. The van der Waals surface area contributed by atoms with Crippen LogP contribution in [0.2, 0.25) is 0 Å². The van der Waals surface area contributed by atoms with Gasteiger partial charge in [0, 0.05) is 30.5 Å². The summed E-state index contributed by atoms with van der Waals surface area (Å²) < 4.78 is 1.42. The standard InChI is InChI=1S/C18H23N3O3S2/c22-16(8-4-1-5-13-9-12-25-26-13)19-10-11-21-15-7-3-2-6-14(15)20-17(23)18(21)24/h2-3,6-7,13H,1,4-5,8-12H2,(H,19,22)(H,20,23). The number of unbranched alkanes of at least 4 members (excludes halogenated alkanes) is 1. The number of nitrogens with zero attached hydrogens (tertiary/aromatic N) is 1. The highest BCUT2D eigenvalue weighted by Gasteiger charge is 2.15. The maximum atomic E-state index is 12.1. The molecule has 140 valence electrons. The Labute approximate surface area is 159 Å². The molecule has 2 heterocycles. The lowest BCUT2D eigenvalue weighted by Crippen LogP contribution is -2.39. The molecule has 8 heteroatoms. The van der Waals surface area contributed by atoms with Crippen LogP contribution >= 0.6 is 21.6 Å². The van der Waals surface area contributed by atoms with Crippen molar-refractivity contribution >= 4 is 38.5 Å². The summed E-state index contributed by atoms with van der Waals surface area (Å²) in [5.41, 5.74) is 0.0486. The molecule has 2 N–H and O–H groups in total. The van der Waals surface area contributed by atoms with E-state index in [9.17, 15) is 14.4 Å². The third-order valence-corrected chi connectivity index (χ3v) is 7.45. The average molecular weight is 394 g/mol. The molecule has 0 radical (unpaired) electrons.